The van der Waals surface area contributed by atoms with E-state index < -0.39 is 41.8 Å². The summed E-state index contributed by atoms with van der Waals surface area (Å²) in [5.41, 5.74) is 17.1. The second kappa shape index (κ2) is 12.6. The molecule has 3 heterocycles. The van der Waals surface area contributed by atoms with Gasteiger partial charge in [-0.2, -0.15) is 14.5 Å². The number of anilines is 1. The predicted molar refractivity (Wildman–Crippen MR) is 146 cm³/mol. The number of nitrogens with one attached hydrogen (secondary N) is 1. The van der Waals surface area contributed by atoms with E-state index in [-0.39, 0.29) is 46.0 Å². The molecule has 0 radical (unpaired) electrons. The molecule has 8 N–H and O–H groups in total. The van der Waals surface area contributed by atoms with Crippen LogP contribution < -0.4 is 22.5 Å². The Hall–Kier alpha value is -3.84. The van der Waals surface area contributed by atoms with E-state index in [2.05, 4.69) is 34.8 Å². The fraction of sp³-hybridized carbons (Fsp3) is 0.524. The molecule has 0 spiro atoms. The summed E-state index contributed by atoms with van der Waals surface area (Å²) >= 11 is 2.00. The summed E-state index contributed by atoms with van der Waals surface area (Å²) in [5, 5.41) is 20.6. The lowest BCUT2D eigenvalue weighted by atomic mass is 9.92. The molecule has 1 aromatic rings. The summed E-state index contributed by atoms with van der Waals surface area (Å²) in [7, 11) is 1.58. The van der Waals surface area contributed by atoms with Crippen LogP contribution >= 0.6 is 23.3 Å². The number of halogens is 1. The van der Waals surface area contributed by atoms with Crippen LogP contribution in [0.5, 0.6) is 0 Å². The summed E-state index contributed by atoms with van der Waals surface area (Å²) in [4.78, 5) is 51.7. The molecule has 1 aliphatic carbocycles. The lowest BCUT2D eigenvalue weighted by molar-refractivity contribution is -0.150. The Balaban J connectivity index is 1.46. The second-order valence-electron chi connectivity index (χ2n) is 9.00. The molecule has 1 saturated carbocycles. The first-order chi connectivity index (χ1) is 19.1. The highest BCUT2D eigenvalue weighted by Gasteiger charge is 2.54. The fourth-order valence-electron chi connectivity index (χ4n) is 4.27. The lowest BCUT2D eigenvalue weighted by Crippen LogP contribution is -2.71. The number of alkyl halides is 1. The van der Waals surface area contributed by atoms with Crippen molar-refractivity contribution in [3.63, 3.8) is 0 Å². The number of nitrogen functional groups attached to an aromatic ring is 1. The van der Waals surface area contributed by atoms with Crippen LogP contribution in [-0.4, -0.2) is 103 Å². The highest BCUT2D eigenvalue weighted by molar-refractivity contribution is 8.00. The largest absolute Gasteiger partial charge is 0.477 e. The van der Waals surface area contributed by atoms with Crippen molar-refractivity contribution in [2.75, 3.05) is 25.4 Å². The zero-order valence-corrected chi connectivity index (χ0v) is 22.9. The van der Waals surface area contributed by atoms with Crippen molar-refractivity contribution in [2.45, 2.75) is 49.2 Å². The lowest BCUT2D eigenvalue weighted by Gasteiger charge is -2.49. The third kappa shape index (κ3) is 6.31. The van der Waals surface area contributed by atoms with E-state index in [1.807, 2.05) is 0 Å². The van der Waals surface area contributed by atoms with Gasteiger partial charge in [-0.15, -0.1) is 11.8 Å². The maximum Gasteiger partial charge on any atom is 0.353 e. The number of carbonyl (C=O) groups excluding carboxylic acids is 2. The van der Waals surface area contributed by atoms with Crippen molar-refractivity contribution in [3.05, 3.63) is 17.1 Å². The number of fused-ring (bicyclic) bond motifs is 1. The highest BCUT2D eigenvalue weighted by atomic mass is 32.2. The van der Waals surface area contributed by atoms with E-state index in [0.717, 1.165) is 42.1 Å². The molecular weight excluding hydrogens is 569 g/mol. The standard InChI is InChI=1S/C21H28FN11O5S2/c1-32(20(24)27-11-4-2-10(23)3-5-11)26-6-9-7-39-18-13(17(35)33(18)14(9)19(36)37)28-16(34)12(30-38-8-22)15-29-21(25)40-31-15/h6,10-11,13,18H,2-5,7-8,23H2,1H3,(H2,24,27)(H,28,34)(H,36,37)(H2,25,29,31)/b26-6+,30-12-/t10?,11?,13?,18-/m1/s1. The van der Waals surface area contributed by atoms with Gasteiger partial charge in [-0.05, 0) is 25.7 Å². The number of carboxylic acid groups (broad SMARTS) is 1. The summed E-state index contributed by atoms with van der Waals surface area (Å²) in [5.74, 6) is -2.80. The molecule has 2 atom stereocenters. The van der Waals surface area contributed by atoms with E-state index in [0.29, 0.717) is 0 Å². The van der Waals surface area contributed by atoms with Gasteiger partial charge in [0, 0.05) is 35.9 Å². The number of nitrogens with zero attached hydrogens (tertiary/aromatic N) is 7. The molecule has 2 amide bonds. The molecular formula is C21H28FN11O5S2. The number of oxime groups is 1. The average Bonchev–Trinajstić information content (AvgIpc) is 3.36. The van der Waals surface area contributed by atoms with Crippen LogP contribution in [0.2, 0.25) is 0 Å². The molecule has 1 saturated heterocycles. The SMILES string of the molecule is CN(/N=C/C1=C(C(=O)O)N2C(=O)C(NC(=O)/C(=N\OCF)c3nsc(N)n3)[C@H]2SC1)C(N)=NC1CCC(N)CC1. The number of rotatable bonds is 9. The number of hydrogen-bond acceptors (Lipinski definition) is 13. The van der Waals surface area contributed by atoms with E-state index in [9.17, 15) is 23.9 Å². The number of aliphatic imine (C=N–C) groups is 1. The molecule has 40 heavy (non-hydrogen) atoms. The van der Waals surface area contributed by atoms with Crippen molar-refractivity contribution >= 4 is 64.1 Å². The van der Waals surface area contributed by atoms with Gasteiger partial charge < -0.3 is 32.5 Å². The Labute approximate surface area is 235 Å². The fourth-order valence-corrected chi connectivity index (χ4v) is 6.00. The van der Waals surface area contributed by atoms with Gasteiger partial charge in [0.2, 0.25) is 17.5 Å². The van der Waals surface area contributed by atoms with Gasteiger partial charge in [0.1, 0.15) is 17.1 Å². The van der Waals surface area contributed by atoms with Crippen LogP contribution in [0.4, 0.5) is 9.52 Å². The maximum absolute atomic E-state index is 13.0. The van der Waals surface area contributed by atoms with Gasteiger partial charge in [-0.25, -0.2) is 19.2 Å². The van der Waals surface area contributed by atoms with Gasteiger partial charge in [-0.3, -0.25) is 14.5 Å². The number of aliphatic carboxylic acids is 1. The van der Waals surface area contributed by atoms with Gasteiger partial charge in [-0.1, -0.05) is 5.16 Å². The third-order valence-electron chi connectivity index (χ3n) is 6.33. The van der Waals surface area contributed by atoms with Crippen molar-refractivity contribution in [3.8, 4) is 0 Å². The van der Waals surface area contributed by atoms with Crippen LogP contribution in [0.25, 0.3) is 0 Å². The minimum absolute atomic E-state index is 0.0345. The van der Waals surface area contributed by atoms with E-state index >= 15 is 0 Å². The number of aromatic nitrogens is 2. The molecule has 0 bridgehead atoms. The Kier molecular flexibility index (Phi) is 9.15. The smallest absolute Gasteiger partial charge is 0.353 e. The number of nitrogens with two attached hydrogens (primary N) is 3. The van der Waals surface area contributed by atoms with E-state index in [1.54, 1.807) is 7.05 Å². The van der Waals surface area contributed by atoms with E-state index in [4.69, 9.17) is 17.2 Å². The monoisotopic (exact) mass is 597 g/mol. The first-order valence-corrected chi connectivity index (χ1v) is 13.9. The first kappa shape index (κ1) is 29.2. The quantitative estimate of drug-likeness (QED) is 0.0997. The average molecular weight is 598 g/mol. The van der Waals surface area contributed by atoms with Crippen molar-refractivity contribution in [2.24, 2.45) is 26.7 Å². The molecule has 3 aliphatic rings. The molecule has 4 rings (SSSR count). The number of hydrogen-bond donors (Lipinski definition) is 5. The molecule has 216 valence electrons. The molecule has 0 aromatic carbocycles. The topological polar surface area (TPSA) is 240 Å². The Bertz CT molecular complexity index is 1280. The highest BCUT2D eigenvalue weighted by Crippen LogP contribution is 2.40. The summed E-state index contributed by atoms with van der Waals surface area (Å²) in [6, 6.07) is -0.874. The number of carbonyl (C=O) groups is 3. The number of hydrazone groups is 1. The van der Waals surface area contributed by atoms with Gasteiger partial charge >= 0.3 is 5.97 Å². The number of thioether (sulfide) groups is 1. The van der Waals surface area contributed by atoms with Crippen molar-refractivity contribution in [1.29, 1.82) is 0 Å². The number of guanidine groups is 1. The molecule has 1 unspecified atom stereocenters. The molecule has 1 aromatic heterocycles. The number of amides is 2. The maximum atomic E-state index is 13.0. The predicted octanol–water partition coefficient (Wildman–Crippen LogP) is -0.991. The first-order valence-electron chi connectivity index (χ1n) is 12.0. The normalized spacial score (nSPS) is 25.5. The van der Waals surface area contributed by atoms with Crippen LogP contribution in [-0.2, 0) is 19.2 Å². The zero-order valence-electron chi connectivity index (χ0n) is 21.3. The summed E-state index contributed by atoms with van der Waals surface area (Å²) in [6.45, 7) is -1.32. The third-order valence-corrected chi connectivity index (χ3v) is 8.18. The van der Waals surface area contributed by atoms with Crippen LogP contribution in [0.1, 0.15) is 31.5 Å². The minimum Gasteiger partial charge on any atom is -0.477 e. The summed E-state index contributed by atoms with van der Waals surface area (Å²) < 4.78 is 16.4. The van der Waals surface area contributed by atoms with Crippen LogP contribution in [0.15, 0.2) is 26.5 Å². The van der Waals surface area contributed by atoms with E-state index in [1.165, 1.54) is 23.0 Å². The van der Waals surface area contributed by atoms with Crippen molar-refractivity contribution in [1.82, 2.24) is 24.6 Å². The Morgan fingerprint density at radius 3 is 2.70 bits per heavy atom. The molecule has 19 heteroatoms. The van der Waals surface area contributed by atoms with Crippen LogP contribution in [0.3, 0.4) is 0 Å². The molecule has 2 aliphatic heterocycles. The number of carboxylic acids is 1. The Morgan fingerprint density at radius 1 is 1.35 bits per heavy atom. The molecule has 16 nitrogen and oxygen atoms in total. The second-order valence-corrected chi connectivity index (χ2v) is 10.9. The van der Waals surface area contributed by atoms with Gasteiger partial charge in [0.05, 0.1) is 12.3 Å². The van der Waals surface area contributed by atoms with Crippen molar-refractivity contribution < 1.29 is 28.7 Å². The van der Waals surface area contributed by atoms with Gasteiger partial charge in [0.25, 0.3) is 18.7 Å². The summed E-state index contributed by atoms with van der Waals surface area (Å²) in [6.07, 6.45) is 4.70. The van der Waals surface area contributed by atoms with Crippen LogP contribution in [0, 0.1) is 0 Å². The zero-order chi connectivity index (χ0) is 29.0. The minimum atomic E-state index is -1.34. The van der Waals surface area contributed by atoms with Gasteiger partial charge in [0.15, 0.2) is 5.13 Å². The number of β-lactam (4-membered cyclic amide) rings is 1. The molecule has 2 fully saturated rings. The Morgan fingerprint density at radius 2 is 2.08 bits per heavy atom.